The Hall–Kier alpha value is -3.67. The van der Waals surface area contributed by atoms with Crippen molar-refractivity contribution in [2.45, 2.75) is 232 Å². The molecule has 0 spiro atoms. The third kappa shape index (κ3) is 49.2. The maximum absolute atomic E-state index is 12.8. The van der Waals surface area contributed by atoms with Crippen molar-refractivity contribution in [3.05, 3.63) is 97.2 Å². The van der Waals surface area contributed by atoms with Crippen LogP contribution in [0.25, 0.3) is 0 Å². The van der Waals surface area contributed by atoms with E-state index in [1.807, 2.05) is 0 Å². The van der Waals surface area contributed by atoms with Crippen LogP contribution in [0.15, 0.2) is 97.2 Å². The van der Waals surface area contributed by atoms with Gasteiger partial charge in [0.1, 0.15) is 13.2 Å². The molecule has 358 valence electrons. The average Bonchev–Trinajstić information content (AvgIpc) is 3.28. The molecule has 1 atom stereocenters. The second-order valence-corrected chi connectivity index (χ2v) is 16.8. The molecule has 0 aliphatic heterocycles. The molecule has 0 aliphatic carbocycles. The van der Waals surface area contributed by atoms with E-state index in [1.165, 1.54) is 64.2 Å². The SMILES string of the molecule is CC/C=C/C=C/C=C/CCCCCCCC(=O)OCC(COC(=O)CCCCCCC/C=C/C=C/C=C/C=C/CCCCC)OC(=O)CCCCC/C=C/CCCCCCCCC. The van der Waals surface area contributed by atoms with Crippen molar-refractivity contribution in [2.24, 2.45) is 0 Å². The van der Waals surface area contributed by atoms with Crippen LogP contribution in [-0.4, -0.2) is 37.2 Å². The van der Waals surface area contributed by atoms with E-state index in [0.29, 0.717) is 19.3 Å². The average molecular weight is 875 g/mol. The lowest BCUT2D eigenvalue weighted by atomic mass is 10.1. The number of carbonyl (C=O) groups excluding carboxylic acids is 3. The summed E-state index contributed by atoms with van der Waals surface area (Å²) in [7, 11) is 0. The van der Waals surface area contributed by atoms with E-state index >= 15 is 0 Å². The van der Waals surface area contributed by atoms with Crippen molar-refractivity contribution in [2.75, 3.05) is 13.2 Å². The zero-order valence-electron chi connectivity index (χ0n) is 40.8. The minimum atomic E-state index is -0.804. The van der Waals surface area contributed by atoms with Crippen LogP contribution in [0.1, 0.15) is 226 Å². The first-order chi connectivity index (χ1) is 31.0. The van der Waals surface area contributed by atoms with Gasteiger partial charge >= 0.3 is 17.9 Å². The fraction of sp³-hybridized carbons (Fsp3) is 0.667. The second-order valence-electron chi connectivity index (χ2n) is 16.8. The fourth-order valence-electron chi connectivity index (χ4n) is 6.80. The molecule has 0 aliphatic rings. The van der Waals surface area contributed by atoms with Crippen LogP contribution in [0, 0.1) is 0 Å². The zero-order chi connectivity index (χ0) is 45.8. The Bertz CT molecular complexity index is 1280. The van der Waals surface area contributed by atoms with Crippen LogP contribution in [0.5, 0.6) is 0 Å². The van der Waals surface area contributed by atoms with Crippen LogP contribution < -0.4 is 0 Å². The molecule has 0 heterocycles. The van der Waals surface area contributed by atoms with Gasteiger partial charge in [-0.05, 0) is 89.9 Å². The lowest BCUT2D eigenvalue weighted by molar-refractivity contribution is -0.167. The van der Waals surface area contributed by atoms with Crippen molar-refractivity contribution in [3.63, 3.8) is 0 Å². The third-order valence-corrected chi connectivity index (χ3v) is 10.7. The molecule has 1 unspecified atom stereocenters. The lowest BCUT2D eigenvalue weighted by Gasteiger charge is -2.18. The summed E-state index contributed by atoms with van der Waals surface area (Å²) in [4.78, 5) is 38.0. The van der Waals surface area contributed by atoms with Crippen LogP contribution in [0.2, 0.25) is 0 Å². The van der Waals surface area contributed by atoms with E-state index in [9.17, 15) is 14.4 Å². The third-order valence-electron chi connectivity index (χ3n) is 10.7. The van der Waals surface area contributed by atoms with Gasteiger partial charge < -0.3 is 14.2 Å². The highest BCUT2D eigenvalue weighted by Crippen LogP contribution is 2.13. The normalized spacial score (nSPS) is 12.9. The number of unbranched alkanes of at least 4 members (excludes halogenated alkanes) is 23. The second kappa shape index (κ2) is 51.0. The van der Waals surface area contributed by atoms with Crippen LogP contribution >= 0.6 is 0 Å². The zero-order valence-corrected chi connectivity index (χ0v) is 40.8. The van der Waals surface area contributed by atoms with Crippen molar-refractivity contribution in [1.82, 2.24) is 0 Å². The Balaban J connectivity index is 4.49. The number of ether oxygens (including phenoxy) is 3. The van der Waals surface area contributed by atoms with E-state index in [-0.39, 0.29) is 31.1 Å². The first-order valence-electron chi connectivity index (χ1n) is 25.8. The fourth-order valence-corrected chi connectivity index (χ4v) is 6.80. The monoisotopic (exact) mass is 875 g/mol. The summed E-state index contributed by atoms with van der Waals surface area (Å²) >= 11 is 0. The molecule has 0 aromatic carbocycles. The first-order valence-corrected chi connectivity index (χ1v) is 25.8. The molecule has 0 bridgehead atoms. The highest BCUT2D eigenvalue weighted by Gasteiger charge is 2.19. The van der Waals surface area contributed by atoms with Crippen molar-refractivity contribution in [1.29, 1.82) is 0 Å². The molecule has 0 aromatic heterocycles. The summed E-state index contributed by atoms with van der Waals surface area (Å²) in [6, 6.07) is 0. The van der Waals surface area contributed by atoms with Gasteiger partial charge in [-0.1, -0.05) is 214 Å². The predicted molar refractivity (Wildman–Crippen MR) is 270 cm³/mol. The molecule has 0 amide bonds. The summed E-state index contributed by atoms with van der Waals surface area (Å²) in [6.07, 6.45) is 66.7. The van der Waals surface area contributed by atoms with Gasteiger partial charge in [0, 0.05) is 19.3 Å². The Kier molecular flexibility index (Phi) is 48.0. The molecule has 0 saturated heterocycles. The Morgan fingerprint density at radius 1 is 0.333 bits per heavy atom. The molecule has 0 aromatic rings. The molecule has 0 N–H and O–H groups in total. The van der Waals surface area contributed by atoms with Crippen molar-refractivity contribution in [3.8, 4) is 0 Å². The van der Waals surface area contributed by atoms with Crippen LogP contribution in [0.4, 0.5) is 0 Å². The highest BCUT2D eigenvalue weighted by molar-refractivity contribution is 5.71. The van der Waals surface area contributed by atoms with Gasteiger partial charge in [0.2, 0.25) is 0 Å². The number of carbonyl (C=O) groups is 3. The Morgan fingerprint density at radius 2 is 0.635 bits per heavy atom. The smallest absolute Gasteiger partial charge is 0.306 e. The highest BCUT2D eigenvalue weighted by atomic mass is 16.6. The van der Waals surface area contributed by atoms with E-state index in [1.54, 1.807) is 0 Å². The summed E-state index contributed by atoms with van der Waals surface area (Å²) in [5.41, 5.74) is 0. The maximum atomic E-state index is 12.8. The number of hydrogen-bond donors (Lipinski definition) is 0. The standard InChI is InChI=1S/C57H94O6/c1-4-7-10-13-16-19-22-25-27-28-29-30-33-35-38-41-44-47-50-56(59)62-53-54(52-61-55(58)49-46-43-40-37-34-31-24-21-18-15-12-9-6-3)63-57(60)51-48-45-42-39-36-32-26-23-20-17-14-11-8-5-2/h9,12,15-16,18-19,21-22,24-25,27-30,32,36,54H,4-8,10-11,13-14,17,20,23,26,31,33-35,37-53H2,1-3H3/b12-9+,18-15+,19-16+,24-21+,25-22+,28-27+,30-29+,36-32+. The molecule has 0 rings (SSSR count). The number of esters is 3. The topological polar surface area (TPSA) is 78.9 Å². The molecule has 6 heteroatoms. The van der Waals surface area contributed by atoms with Gasteiger partial charge in [-0.2, -0.15) is 0 Å². The van der Waals surface area contributed by atoms with E-state index in [0.717, 1.165) is 122 Å². The first kappa shape index (κ1) is 59.3. The molecular weight excluding hydrogens is 781 g/mol. The summed E-state index contributed by atoms with van der Waals surface area (Å²) < 4.78 is 16.7. The summed E-state index contributed by atoms with van der Waals surface area (Å²) in [5, 5.41) is 0. The van der Waals surface area contributed by atoms with E-state index in [4.69, 9.17) is 14.2 Å². The van der Waals surface area contributed by atoms with Crippen molar-refractivity contribution >= 4 is 17.9 Å². The lowest BCUT2D eigenvalue weighted by Crippen LogP contribution is -2.30. The van der Waals surface area contributed by atoms with E-state index < -0.39 is 6.10 Å². The van der Waals surface area contributed by atoms with Crippen LogP contribution in [-0.2, 0) is 28.6 Å². The van der Waals surface area contributed by atoms with Gasteiger partial charge in [-0.15, -0.1) is 0 Å². The van der Waals surface area contributed by atoms with Gasteiger partial charge in [-0.25, -0.2) is 0 Å². The van der Waals surface area contributed by atoms with E-state index in [2.05, 4.69) is 118 Å². The number of rotatable bonds is 45. The van der Waals surface area contributed by atoms with Gasteiger partial charge in [-0.3, -0.25) is 14.4 Å². The predicted octanol–water partition coefficient (Wildman–Crippen LogP) is 17.0. The number of allylic oxidation sites excluding steroid dienone is 16. The summed E-state index contributed by atoms with van der Waals surface area (Å²) in [5.74, 6) is -0.964. The minimum absolute atomic E-state index is 0.103. The molecule has 0 radical (unpaired) electrons. The van der Waals surface area contributed by atoms with Gasteiger partial charge in [0.25, 0.3) is 0 Å². The molecular formula is C57H94O6. The molecule has 0 fully saturated rings. The van der Waals surface area contributed by atoms with Crippen LogP contribution in [0.3, 0.4) is 0 Å². The maximum Gasteiger partial charge on any atom is 0.306 e. The molecule has 6 nitrogen and oxygen atoms in total. The quantitative estimate of drug-likeness (QED) is 0.0199. The molecule has 63 heavy (non-hydrogen) atoms. The minimum Gasteiger partial charge on any atom is -0.462 e. The summed E-state index contributed by atoms with van der Waals surface area (Å²) in [6.45, 7) is 6.40. The Morgan fingerprint density at radius 3 is 1.06 bits per heavy atom. The van der Waals surface area contributed by atoms with Crippen molar-refractivity contribution < 1.29 is 28.6 Å². The Labute approximate surface area is 387 Å². The van der Waals surface area contributed by atoms with Gasteiger partial charge in [0.15, 0.2) is 6.10 Å². The molecule has 0 saturated carbocycles. The number of hydrogen-bond acceptors (Lipinski definition) is 6. The van der Waals surface area contributed by atoms with Gasteiger partial charge in [0.05, 0.1) is 0 Å². The largest absolute Gasteiger partial charge is 0.462 e.